The van der Waals surface area contributed by atoms with Crippen molar-refractivity contribution in [3.05, 3.63) is 48.0 Å². The summed E-state index contributed by atoms with van der Waals surface area (Å²) in [5.41, 5.74) is 1.34. The Morgan fingerprint density at radius 3 is 2.72 bits per heavy atom. The third-order valence-corrected chi connectivity index (χ3v) is 6.07. The molecule has 0 spiro atoms. The van der Waals surface area contributed by atoms with E-state index in [1.807, 2.05) is 0 Å². The first kappa shape index (κ1) is 17.2. The Kier molecular flexibility index (Phi) is 5.23. The van der Waals surface area contributed by atoms with Crippen molar-refractivity contribution in [3.63, 3.8) is 0 Å². The maximum Gasteiger partial charge on any atom is 0.0999 e. The summed E-state index contributed by atoms with van der Waals surface area (Å²) in [4.78, 5) is 2.47. The first-order chi connectivity index (χ1) is 12.3. The van der Waals surface area contributed by atoms with E-state index in [1.54, 1.807) is 0 Å². The molecule has 0 radical (unpaired) electrons. The fourth-order valence-corrected chi connectivity index (χ4v) is 4.81. The molecular formula is C21H29NO3. The van der Waals surface area contributed by atoms with E-state index < -0.39 is 0 Å². The highest BCUT2D eigenvalue weighted by Gasteiger charge is 2.50. The fourth-order valence-electron chi connectivity index (χ4n) is 4.81. The third-order valence-electron chi connectivity index (χ3n) is 6.07. The maximum atomic E-state index is 9.83. The van der Waals surface area contributed by atoms with Gasteiger partial charge in [-0.25, -0.2) is 0 Å². The Hall–Kier alpha value is -1.20. The Bertz CT molecular complexity index is 590. The zero-order chi connectivity index (χ0) is 17.2. The van der Waals surface area contributed by atoms with Gasteiger partial charge < -0.3 is 14.6 Å². The summed E-state index contributed by atoms with van der Waals surface area (Å²) in [6.07, 6.45) is 8.05. The molecule has 136 valence electrons. The molecule has 0 unspecified atom stereocenters. The van der Waals surface area contributed by atoms with E-state index in [1.165, 1.54) is 18.4 Å². The highest BCUT2D eigenvalue weighted by atomic mass is 16.5. The van der Waals surface area contributed by atoms with Gasteiger partial charge in [0.15, 0.2) is 0 Å². The van der Waals surface area contributed by atoms with Gasteiger partial charge in [0.05, 0.1) is 25.0 Å². The lowest BCUT2D eigenvalue weighted by molar-refractivity contribution is -0.133. The first-order valence-corrected chi connectivity index (χ1v) is 9.64. The van der Waals surface area contributed by atoms with Gasteiger partial charge in [-0.15, -0.1) is 0 Å². The number of ether oxygens (including phenoxy) is 2. The molecule has 6 atom stereocenters. The van der Waals surface area contributed by atoms with Crippen molar-refractivity contribution in [2.75, 3.05) is 13.3 Å². The maximum absolute atomic E-state index is 9.83. The topological polar surface area (TPSA) is 41.9 Å². The molecule has 25 heavy (non-hydrogen) atoms. The van der Waals surface area contributed by atoms with Crippen molar-refractivity contribution >= 4 is 0 Å². The number of rotatable bonds is 6. The molecule has 1 aromatic rings. The van der Waals surface area contributed by atoms with Crippen molar-refractivity contribution in [1.82, 2.24) is 4.90 Å². The minimum absolute atomic E-state index is 0.0792. The molecule has 4 heteroatoms. The van der Waals surface area contributed by atoms with E-state index in [2.05, 4.69) is 54.3 Å². The molecule has 3 heterocycles. The van der Waals surface area contributed by atoms with Crippen molar-refractivity contribution < 1.29 is 14.6 Å². The van der Waals surface area contributed by atoms with Crippen LogP contribution in [0.3, 0.4) is 0 Å². The summed E-state index contributed by atoms with van der Waals surface area (Å²) >= 11 is 0. The van der Waals surface area contributed by atoms with Crippen LogP contribution in [0, 0.1) is 11.8 Å². The Labute approximate surface area is 150 Å². The second-order valence-electron chi connectivity index (χ2n) is 7.62. The van der Waals surface area contributed by atoms with Gasteiger partial charge in [-0.05, 0) is 18.4 Å². The van der Waals surface area contributed by atoms with Crippen LogP contribution in [0.1, 0.15) is 31.7 Å². The van der Waals surface area contributed by atoms with E-state index in [0.717, 1.165) is 13.0 Å². The van der Waals surface area contributed by atoms with Gasteiger partial charge in [-0.3, -0.25) is 4.90 Å². The largest absolute Gasteiger partial charge is 0.396 e. The molecule has 0 aliphatic carbocycles. The molecule has 4 nitrogen and oxygen atoms in total. The number of aliphatic hydroxyl groups excluding tert-OH is 1. The Morgan fingerprint density at radius 2 is 1.96 bits per heavy atom. The van der Waals surface area contributed by atoms with Gasteiger partial charge in [0, 0.05) is 31.0 Å². The van der Waals surface area contributed by atoms with Crippen LogP contribution in [0.25, 0.3) is 0 Å². The molecule has 0 amide bonds. The lowest BCUT2D eigenvalue weighted by Gasteiger charge is -2.43. The van der Waals surface area contributed by atoms with Gasteiger partial charge in [0.25, 0.3) is 0 Å². The summed E-state index contributed by atoms with van der Waals surface area (Å²) in [7, 11) is 0. The second-order valence-corrected chi connectivity index (χ2v) is 7.62. The molecular weight excluding hydrogens is 314 g/mol. The molecule has 0 saturated carbocycles. The van der Waals surface area contributed by atoms with Crippen molar-refractivity contribution in [3.8, 4) is 0 Å². The van der Waals surface area contributed by atoms with Gasteiger partial charge >= 0.3 is 0 Å². The summed E-state index contributed by atoms with van der Waals surface area (Å²) < 4.78 is 12.3. The van der Waals surface area contributed by atoms with E-state index in [9.17, 15) is 5.11 Å². The normalized spacial score (nSPS) is 37.7. The Balaban J connectivity index is 1.45. The minimum Gasteiger partial charge on any atom is -0.396 e. The lowest BCUT2D eigenvalue weighted by atomic mass is 9.77. The van der Waals surface area contributed by atoms with Crippen LogP contribution >= 0.6 is 0 Å². The number of nitrogens with zero attached hydrogens (tertiary/aromatic N) is 1. The first-order valence-electron chi connectivity index (χ1n) is 9.64. The Morgan fingerprint density at radius 1 is 1.16 bits per heavy atom. The summed E-state index contributed by atoms with van der Waals surface area (Å²) in [6, 6.07) is 11.2. The van der Waals surface area contributed by atoms with E-state index in [-0.39, 0.29) is 30.8 Å². The van der Waals surface area contributed by atoms with Gasteiger partial charge in [-0.2, -0.15) is 0 Å². The quantitative estimate of drug-likeness (QED) is 0.807. The molecule has 3 aliphatic rings. The zero-order valence-corrected chi connectivity index (χ0v) is 15.0. The van der Waals surface area contributed by atoms with E-state index >= 15 is 0 Å². The van der Waals surface area contributed by atoms with Gasteiger partial charge in [-0.1, -0.05) is 55.8 Å². The lowest BCUT2D eigenvalue weighted by Crippen LogP contribution is -2.50. The number of hydrogen-bond acceptors (Lipinski definition) is 4. The predicted octanol–water partition coefficient (Wildman–Crippen LogP) is 2.97. The van der Waals surface area contributed by atoms with Crippen molar-refractivity contribution in [1.29, 1.82) is 0 Å². The third kappa shape index (κ3) is 3.41. The highest BCUT2D eigenvalue weighted by Crippen LogP contribution is 2.44. The summed E-state index contributed by atoms with van der Waals surface area (Å²) in [6.45, 7) is 4.04. The molecule has 0 aromatic heterocycles. The van der Waals surface area contributed by atoms with Crippen LogP contribution < -0.4 is 0 Å². The van der Waals surface area contributed by atoms with Crippen LogP contribution in [0.2, 0.25) is 0 Å². The number of benzene rings is 1. The molecule has 3 aliphatic heterocycles. The molecule has 2 bridgehead atoms. The van der Waals surface area contributed by atoms with Crippen LogP contribution in [-0.4, -0.2) is 47.7 Å². The molecule has 2 saturated heterocycles. The number of fused-ring (bicyclic) bond motifs is 2. The van der Waals surface area contributed by atoms with E-state index in [4.69, 9.17) is 9.47 Å². The average Bonchev–Trinajstić information content (AvgIpc) is 3.25. The van der Waals surface area contributed by atoms with Gasteiger partial charge in [0.2, 0.25) is 0 Å². The number of hydrogen-bond donors (Lipinski definition) is 1. The smallest absolute Gasteiger partial charge is 0.0999 e. The fraction of sp³-hybridized carbons (Fsp3) is 0.619. The monoisotopic (exact) mass is 343 g/mol. The van der Waals surface area contributed by atoms with Crippen LogP contribution in [-0.2, 0) is 16.0 Å². The van der Waals surface area contributed by atoms with Crippen LogP contribution in [0.5, 0.6) is 0 Å². The van der Waals surface area contributed by atoms with Crippen molar-refractivity contribution in [2.24, 2.45) is 11.8 Å². The molecule has 2 fully saturated rings. The van der Waals surface area contributed by atoms with E-state index in [0.29, 0.717) is 18.7 Å². The molecule has 1 N–H and O–H groups in total. The van der Waals surface area contributed by atoms with Gasteiger partial charge in [0.1, 0.15) is 0 Å². The standard InChI is InChI=1S/C21H29NO3/c1-2-6-16-11-20(21-17(13-23)18-9-10-19(21)25-18)24-14-22(16)12-15-7-4-3-5-8-15/h3-5,7-10,16-21,23H,2,6,11-14H2,1H3/t16-,17-,18-,19+,20-,21-/m1/s1. The zero-order valence-electron chi connectivity index (χ0n) is 15.0. The minimum atomic E-state index is 0.0792. The number of aliphatic hydroxyl groups is 1. The molecule has 1 aromatic carbocycles. The van der Waals surface area contributed by atoms with Crippen molar-refractivity contribution in [2.45, 2.75) is 57.1 Å². The van der Waals surface area contributed by atoms with Crippen LogP contribution in [0.15, 0.2) is 42.5 Å². The predicted molar refractivity (Wildman–Crippen MR) is 96.9 cm³/mol. The van der Waals surface area contributed by atoms with Crippen LogP contribution in [0.4, 0.5) is 0 Å². The summed E-state index contributed by atoms with van der Waals surface area (Å²) in [5, 5.41) is 9.83. The summed E-state index contributed by atoms with van der Waals surface area (Å²) in [5.74, 6) is 0.473. The second kappa shape index (κ2) is 7.58. The average molecular weight is 343 g/mol. The highest BCUT2D eigenvalue weighted by molar-refractivity contribution is 5.17. The molecule has 4 rings (SSSR count). The SMILES string of the molecule is CCC[C@@H]1C[C@H]([C@@H]2[C@H](CO)[C@H]3C=C[C@@H]2O3)OCN1Cc1ccccc1.